The molecule has 1 aromatic carbocycles. The van der Waals surface area contributed by atoms with Gasteiger partial charge in [-0.2, -0.15) is 0 Å². The summed E-state index contributed by atoms with van der Waals surface area (Å²) in [7, 11) is 1.88. The van der Waals surface area contributed by atoms with E-state index in [1.165, 1.54) is 0 Å². The number of carbonyl (C=O) groups excluding carboxylic acids is 1. The molecule has 2 N–H and O–H groups in total. The fourth-order valence-electron chi connectivity index (χ4n) is 2.16. The second kappa shape index (κ2) is 8.64. The third-order valence-electron chi connectivity index (χ3n) is 3.44. The molecular formula is C16H24ClN5O. The van der Waals surface area contributed by atoms with Crippen LogP contribution in [-0.2, 0) is 10.3 Å². The number of amides is 1. The van der Waals surface area contributed by atoms with E-state index in [0.717, 1.165) is 24.3 Å². The van der Waals surface area contributed by atoms with E-state index < -0.39 is 5.54 Å². The molecule has 0 bridgehead atoms. The lowest BCUT2D eigenvalue weighted by atomic mass is 10.0. The van der Waals surface area contributed by atoms with E-state index in [-0.39, 0.29) is 18.3 Å². The number of carbonyl (C=O) groups is 1. The maximum absolute atomic E-state index is 12.0. The zero-order valence-corrected chi connectivity index (χ0v) is 14.6. The summed E-state index contributed by atoms with van der Waals surface area (Å²) < 4.78 is 1.71. The highest BCUT2D eigenvalue weighted by atomic mass is 35.5. The van der Waals surface area contributed by atoms with Crippen molar-refractivity contribution in [1.29, 1.82) is 0 Å². The molecule has 0 aliphatic heterocycles. The van der Waals surface area contributed by atoms with Gasteiger partial charge in [-0.1, -0.05) is 23.4 Å². The molecule has 2 rings (SSSR count). The minimum Gasteiger partial charge on any atom is -0.345 e. The van der Waals surface area contributed by atoms with E-state index >= 15 is 0 Å². The molecule has 7 heteroatoms. The average molecular weight is 338 g/mol. The van der Waals surface area contributed by atoms with Crippen LogP contribution in [0.15, 0.2) is 36.5 Å². The summed E-state index contributed by atoms with van der Waals surface area (Å²) in [6.45, 7) is 4.70. The standard InChI is InChI=1S/C16H23N5O.ClH/c1-16(2,18-15(22)10-7-11-17-3)14-12-21(20-19-14)13-8-5-4-6-9-13;/h4-6,8-9,12,17H,7,10-11H2,1-3H3,(H,18,22);1H. The van der Waals surface area contributed by atoms with Crippen LogP contribution < -0.4 is 10.6 Å². The quantitative estimate of drug-likeness (QED) is 0.758. The van der Waals surface area contributed by atoms with Gasteiger partial charge in [0.05, 0.1) is 17.4 Å². The number of rotatable bonds is 7. The maximum atomic E-state index is 12.0. The molecule has 126 valence electrons. The number of nitrogens with one attached hydrogen (secondary N) is 2. The predicted octanol–water partition coefficient (Wildman–Crippen LogP) is 2.04. The van der Waals surface area contributed by atoms with Crippen LogP contribution >= 0.6 is 12.4 Å². The lowest BCUT2D eigenvalue weighted by Crippen LogP contribution is -2.41. The number of nitrogens with zero attached hydrogens (tertiary/aromatic N) is 3. The van der Waals surface area contributed by atoms with Gasteiger partial charge < -0.3 is 10.6 Å². The SMILES string of the molecule is CNCCCC(=O)NC(C)(C)c1cn(-c2ccccc2)nn1.Cl. The predicted molar refractivity (Wildman–Crippen MR) is 92.9 cm³/mol. The molecule has 0 atom stereocenters. The Kier molecular flexibility index (Phi) is 7.19. The third-order valence-corrected chi connectivity index (χ3v) is 3.44. The number of hydrogen-bond donors (Lipinski definition) is 2. The second-order valence-corrected chi connectivity index (χ2v) is 5.76. The molecule has 23 heavy (non-hydrogen) atoms. The number of benzene rings is 1. The van der Waals surface area contributed by atoms with Crippen molar-refractivity contribution in [1.82, 2.24) is 25.6 Å². The maximum Gasteiger partial charge on any atom is 0.220 e. The summed E-state index contributed by atoms with van der Waals surface area (Å²) in [6, 6.07) is 9.77. The lowest BCUT2D eigenvalue weighted by Gasteiger charge is -2.23. The Bertz CT molecular complexity index is 612. The van der Waals surface area contributed by atoms with Crippen LogP contribution in [0.3, 0.4) is 0 Å². The Hall–Kier alpha value is -1.92. The van der Waals surface area contributed by atoms with Crippen molar-refractivity contribution in [3.63, 3.8) is 0 Å². The highest BCUT2D eigenvalue weighted by Crippen LogP contribution is 2.18. The number of halogens is 1. The van der Waals surface area contributed by atoms with Crippen molar-refractivity contribution in [2.75, 3.05) is 13.6 Å². The summed E-state index contributed by atoms with van der Waals surface area (Å²) >= 11 is 0. The minimum absolute atomic E-state index is 0. The summed E-state index contributed by atoms with van der Waals surface area (Å²) in [6.07, 6.45) is 3.16. The molecule has 0 spiro atoms. The van der Waals surface area contributed by atoms with Gasteiger partial charge in [-0.3, -0.25) is 4.79 Å². The van der Waals surface area contributed by atoms with Gasteiger partial charge in [-0.25, -0.2) is 4.68 Å². The molecule has 0 saturated carbocycles. The van der Waals surface area contributed by atoms with E-state index in [4.69, 9.17) is 0 Å². The zero-order chi connectivity index (χ0) is 16.0. The Morgan fingerprint density at radius 1 is 1.26 bits per heavy atom. The smallest absolute Gasteiger partial charge is 0.220 e. The van der Waals surface area contributed by atoms with Gasteiger partial charge in [-0.15, -0.1) is 17.5 Å². The Labute approximate surface area is 143 Å². The fraction of sp³-hybridized carbons (Fsp3) is 0.438. The molecule has 1 amide bonds. The van der Waals surface area contributed by atoms with Crippen LogP contribution in [0.25, 0.3) is 5.69 Å². The van der Waals surface area contributed by atoms with E-state index in [9.17, 15) is 4.79 Å². The van der Waals surface area contributed by atoms with Crippen molar-refractivity contribution < 1.29 is 4.79 Å². The Morgan fingerprint density at radius 3 is 2.61 bits per heavy atom. The van der Waals surface area contributed by atoms with Crippen LogP contribution in [-0.4, -0.2) is 34.5 Å². The van der Waals surface area contributed by atoms with E-state index in [1.807, 2.05) is 57.4 Å². The van der Waals surface area contributed by atoms with E-state index in [0.29, 0.717) is 6.42 Å². The van der Waals surface area contributed by atoms with E-state index in [1.54, 1.807) is 4.68 Å². The molecular weight excluding hydrogens is 314 g/mol. The number of para-hydroxylation sites is 1. The largest absolute Gasteiger partial charge is 0.345 e. The molecule has 1 heterocycles. The normalized spacial score (nSPS) is 10.9. The molecule has 0 fully saturated rings. The molecule has 0 saturated heterocycles. The highest BCUT2D eigenvalue weighted by Gasteiger charge is 2.26. The van der Waals surface area contributed by atoms with Gasteiger partial charge in [0.25, 0.3) is 0 Å². The van der Waals surface area contributed by atoms with Crippen molar-refractivity contribution in [3.05, 3.63) is 42.2 Å². The van der Waals surface area contributed by atoms with Gasteiger partial charge in [0.1, 0.15) is 5.69 Å². The van der Waals surface area contributed by atoms with Crippen LogP contribution in [0.1, 0.15) is 32.4 Å². The van der Waals surface area contributed by atoms with Crippen LogP contribution in [0, 0.1) is 0 Å². The molecule has 2 aromatic rings. The number of hydrogen-bond acceptors (Lipinski definition) is 4. The monoisotopic (exact) mass is 337 g/mol. The van der Waals surface area contributed by atoms with Crippen LogP contribution in [0.2, 0.25) is 0 Å². The first kappa shape index (κ1) is 19.1. The fourth-order valence-corrected chi connectivity index (χ4v) is 2.16. The molecule has 6 nitrogen and oxygen atoms in total. The van der Waals surface area contributed by atoms with Gasteiger partial charge in [0, 0.05) is 6.42 Å². The van der Waals surface area contributed by atoms with Gasteiger partial charge in [0.2, 0.25) is 5.91 Å². The van der Waals surface area contributed by atoms with Crippen LogP contribution in [0.4, 0.5) is 0 Å². The lowest BCUT2D eigenvalue weighted by molar-refractivity contribution is -0.122. The second-order valence-electron chi connectivity index (χ2n) is 5.76. The average Bonchev–Trinajstić information content (AvgIpc) is 2.99. The number of aromatic nitrogens is 3. The van der Waals surface area contributed by atoms with Crippen molar-refractivity contribution in [3.8, 4) is 5.69 Å². The van der Waals surface area contributed by atoms with Crippen molar-refractivity contribution >= 4 is 18.3 Å². The summed E-state index contributed by atoms with van der Waals surface area (Å²) in [4.78, 5) is 12.0. The zero-order valence-electron chi connectivity index (χ0n) is 13.7. The summed E-state index contributed by atoms with van der Waals surface area (Å²) in [5.74, 6) is 0.0227. The van der Waals surface area contributed by atoms with Gasteiger partial charge >= 0.3 is 0 Å². The highest BCUT2D eigenvalue weighted by molar-refractivity contribution is 5.85. The Morgan fingerprint density at radius 2 is 1.96 bits per heavy atom. The van der Waals surface area contributed by atoms with Crippen molar-refractivity contribution in [2.24, 2.45) is 0 Å². The first-order valence-electron chi connectivity index (χ1n) is 7.47. The minimum atomic E-state index is -0.552. The molecule has 0 radical (unpaired) electrons. The van der Waals surface area contributed by atoms with E-state index in [2.05, 4.69) is 20.9 Å². The molecule has 1 aromatic heterocycles. The summed E-state index contributed by atoms with van der Waals surface area (Å²) in [5.41, 5.74) is 1.12. The topological polar surface area (TPSA) is 71.8 Å². The van der Waals surface area contributed by atoms with Crippen LogP contribution in [0.5, 0.6) is 0 Å². The van der Waals surface area contributed by atoms with Gasteiger partial charge in [0.15, 0.2) is 0 Å². The molecule has 0 aliphatic carbocycles. The Balaban J connectivity index is 0.00000264. The van der Waals surface area contributed by atoms with Gasteiger partial charge in [-0.05, 0) is 46.0 Å². The molecule has 0 unspecified atom stereocenters. The first-order valence-corrected chi connectivity index (χ1v) is 7.47. The summed E-state index contributed by atoms with van der Waals surface area (Å²) in [5, 5.41) is 14.4. The molecule has 0 aliphatic rings. The van der Waals surface area contributed by atoms with Crippen molar-refractivity contribution in [2.45, 2.75) is 32.2 Å². The first-order chi connectivity index (χ1) is 10.5. The third kappa shape index (κ3) is 5.33.